The van der Waals surface area contributed by atoms with Crippen LogP contribution in [0.3, 0.4) is 0 Å². The molecule has 3 nitrogen and oxygen atoms in total. The Morgan fingerprint density at radius 3 is 2.79 bits per heavy atom. The summed E-state index contributed by atoms with van der Waals surface area (Å²) < 4.78 is 5.26. The Balaban J connectivity index is 2.18. The van der Waals surface area contributed by atoms with Gasteiger partial charge in [-0.05, 0) is 18.9 Å². The van der Waals surface area contributed by atoms with Crippen molar-refractivity contribution in [3.05, 3.63) is 48.0 Å². The van der Waals surface area contributed by atoms with Gasteiger partial charge >= 0.3 is 5.97 Å². The molecule has 1 aromatic rings. The van der Waals surface area contributed by atoms with Crippen LogP contribution in [0.4, 0.5) is 0 Å². The van der Waals surface area contributed by atoms with Crippen LogP contribution in [-0.4, -0.2) is 30.1 Å². The normalized spacial score (nSPS) is 21.1. The van der Waals surface area contributed by atoms with E-state index in [4.69, 9.17) is 4.74 Å². The molecule has 102 valence electrons. The van der Waals surface area contributed by atoms with Gasteiger partial charge in [-0.25, -0.2) is 0 Å². The number of hydrogen-bond donors (Lipinski definition) is 0. The van der Waals surface area contributed by atoms with E-state index in [1.54, 1.807) is 0 Å². The van der Waals surface area contributed by atoms with Gasteiger partial charge in [0.05, 0.1) is 6.04 Å². The molecule has 1 heterocycles. The molecule has 0 unspecified atom stereocenters. The van der Waals surface area contributed by atoms with Gasteiger partial charge in [0.2, 0.25) is 0 Å². The maximum absolute atomic E-state index is 11.1. The summed E-state index contributed by atoms with van der Waals surface area (Å²) in [4.78, 5) is 13.5. The standard InChI is InChI=1S/C16H21NO2/c1-13-8-6-7-11-17(13)16(12-19-14(2)18)15-9-4-3-5-10-15/h3-6,8-10,13,16H,7,11-12H2,1-2H3/t13-,16-/m0/s1. The van der Waals surface area contributed by atoms with Crippen molar-refractivity contribution in [2.24, 2.45) is 0 Å². The van der Waals surface area contributed by atoms with E-state index >= 15 is 0 Å². The number of esters is 1. The van der Waals surface area contributed by atoms with E-state index in [0.717, 1.165) is 13.0 Å². The zero-order valence-corrected chi connectivity index (χ0v) is 11.6. The maximum atomic E-state index is 11.1. The van der Waals surface area contributed by atoms with Gasteiger partial charge in [0.1, 0.15) is 6.61 Å². The first kappa shape index (κ1) is 13.8. The summed E-state index contributed by atoms with van der Waals surface area (Å²) in [5, 5.41) is 0. The van der Waals surface area contributed by atoms with E-state index in [1.807, 2.05) is 18.2 Å². The van der Waals surface area contributed by atoms with Crippen molar-refractivity contribution in [2.45, 2.75) is 32.4 Å². The molecule has 19 heavy (non-hydrogen) atoms. The lowest BCUT2D eigenvalue weighted by Gasteiger charge is -2.37. The molecule has 0 fully saturated rings. The Kier molecular flexibility index (Phi) is 4.74. The number of carbonyl (C=O) groups excluding carboxylic acids is 1. The lowest BCUT2D eigenvalue weighted by Crippen LogP contribution is -2.40. The Morgan fingerprint density at radius 1 is 1.42 bits per heavy atom. The van der Waals surface area contributed by atoms with Crippen molar-refractivity contribution in [3.63, 3.8) is 0 Å². The molecule has 0 amide bonds. The fourth-order valence-corrected chi connectivity index (χ4v) is 2.53. The second-order valence-corrected chi connectivity index (χ2v) is 4.92. The van der Waals surface area contributed by atoms with Crippen molar-refractivity contribution in [1.82, 2.24) is 4.90 Å². The minimum absolute atomic E-state index is 0.130. The first-order valence-corrected chi connectivity index (χ1v) is 6.79. The highest BCUT2D eigenvalue weighted by Gasteiger charge is 2.25. The van der Waals surface area contributed by atoms with Gasteiger partial charge in [-0.2, -0.15) is 0 Å². The average molecular weight is 259 g/mol. The summed E-state index contributed by atoms with van der Waals surface area (Å²) in [5.74, 6) is -0.221. The smallest absolute Gasteiger partial charge is 0.302 e. The highest BCUT2D eigenvalue weighted by molar-refractivity contribution is 5.65. The van der Waals surface area contributed by atoms with E-state index < -0.39 is 0 Å². The molecule has 2 rings (SSSR count). The van der Waals surface area contributed by atoms with E-state index in [9.17, 15) is 4.79 Å². The first-order chi connectivity index (χ1) is 9.18. The van der Waals surface area contributed by atoms with Gasteiger partial charge in [-0.1, -0.05) is 42.5 Å². The molecule has 0 bridgehead atoms. The SMILES string of the molecule is CC(=O)OC[C@@H](c1ccccc1)N1CCC=C[C@@H]1C. The second-order valence-electron chi connectivity index (χ2n) is 4.92. The van der Waals surface area contributed by atoms with Crippen molar-refractivity contribution in [2.75, 3.05) is 13.2 Å². The molecule has 0 saturated carbocycles. The van der Waals surface area contributed by atoms with Crippen molar-refractivity contribution >= 4 is 5.97 Å². The van der Waals surface area contributed by atoms with Crippen LogP contribution in [0, 0.1) is 0 Å². The number of rotatable bonds is 4. The molecule has 0 radical (unpaired) electrons. The lowest BCUT2D eigenvalue weighted by atomic mass is 10.0. The molecule has 0 N–H and O–H groups in total. The first-order valence-electron chi connectivity index (χ1n) is 6.79. The maximum Gasteiger partial charge on any atom is 0.302 e. The summed E-state index contributed by atoms with van der Waals surface area (Å²) in [5.41, 5.74) is 1.20. The minimum atomic E-state index is -0.221. The van der Waals surface area contributed by atoms with Gasteiger partial charge < -0.3 is 4.74 Å². The summed E-state index contributed by atoms with van der Waals surface area (Å²) in [6.07, 6.45) is 5.48. The summed E-state index contributed by atoms with van der Waals surface area (Å²) in [7, 11) is 0. The largest absolute Gasteiger partial charge is 0.464 e. The van der Waals surface area contributed by atoms with Crippen LogP contribution in [0.15, 0.2) is 42.5 Å². The lowest BCUT2D eigenvalue weighted by molar-refractivity contribution is -0.143. The number of carbonyl (C=O) groups is 1. The highest BCUT2D eigenvalue weighted by Crippen LogP contribution is 2.26. The minimum Gasteiger partial charge on any atom is -0.464 e. The molecule has 2 atom stereocenters. The van der Waals surface area contributed by atoms with Crippen LogP contribution in [0.1, 0.15) is 31.9 Å². The second kappa shape index (κ2) is 6.53. The van der Waals surface area contributed by atoms with Crippen LogP contribution >= 0.6 is 0 Å². The predicted octanol–water partition coefficient (Wildman–Crippen LogP) is 2.94. The summed E-state index contributed by atoms with van der Waals surface area (Å²) in [6.45, 7) is 5.05. The zero-order chi connectivity index (χ0) is 13.7. The molecular formula is C16H21NO2. The van der Waals surface area contributed by atoms with E-state index in [2.05, 4.69) is 36.1 Å². The quantitative estimate of drug-likeness (QED) is 0.615. The number of hydrogen-bond acceptors (Lipinski definition) is 3. The molecule has 0 aliphatic carbocycles. The molecule has 0 saturated heterocycles. The van der Waals surface area contributed by atoms with Crippen molar-refractivity contribution in [1.29, 1.82) is 0 Å². The third-order valence-corrected chi connectivity index (χ3v) is 3.52. The third-order valence-electron chi connectivity index (χ3n) is 3.52. The number of ether oxygens (including phenoxy) is 1. The van der Waals surface area contributed by atoms with Crippen LogP contribution < -0.4 is 0 Å². The summed E-state index contributed by atoms with van der Waals surface area (Å²) in [6, 6.07) is 10.8. The molecule has 3 heteroatoms. The molecule has 0 spiro atoms. The molecule has 1 aromatic carbocycles. The zero-order valence-electron chi connectivity index (χ0n) is 11.6. The van der Waals surface area contributed by atoms with Crippen LogP contribution in [-0.2, 0) is 9.53 Å². The van der Waals surface area contributed by atoms with E-state index in [1.165, 1.54) is 12.5 Å². The van der Waals surface area contributed by atoms with Gasteiger partial charge in [0.15, 0.2) is 0 Å². The van der Waals surface area contributed by atoms with Gasteiger partial charge in [0.25, 0.3) is 0 Å². The Bertz CT molecular complexity index is 441. The van der Waals surface area contributed by atoms with Crippen molar-refractivity contribution < 1.29 is 9.53 Å². The number of benzene rings is 1. The average Bonchev–Trinajstić information content (AvgIpc) is 2.42. The molecule has 0 aromatic heterocycles. The fraction of sp³-hybridized carbons (Fsp3) is 0.438. The van der Waals surface area contributed by atoms with Crippen LogP contribution in [0.25, 0.3) is 0 Å². The Hall–Kier alpha value is -1.61. The van der Waals surface area contributed by atoms with E-state index in [0.29, 0.717) is 12.6 Å². The van der Waals surface area contributed by atoms with Crippen LogP contribution in [0.5, 0.6) is 0 Å². The highest BCUT2D eigenvalue weighted by atomic mass is 16.5. The predicted molar refractivity (Wildman–Crippen MR) is 75.7 cm³/mol. The van der Waals surface area contributed by atoms with Gasteiger partial charge in [0, 0.05) is 19.5 Å². The monoisotopic (exact) mass is 259 g/mol. The van der Waals surface area contributed by atoms with Crippen molar-refractivity contribution in [3.8, 4) is 0 Å². The fourth-order valence-electron chi connectivity index (χ4n) is 2.53. The van der Waals surface area contributed by atoms with Gasteiger partial charge in [-0.3, -0.25) is 9.69 Å². The molecule has 1 aliphatic rings. The Labute approximate surface area is 114 Å². The van der Waals surface area contributed by atoms with Gasteiger partial charge in [-0.15, -0.1) is 0 Å². The third kappa shape index (κ3) is 3.67. The molecule has 1 aliphatic heterocycles. The van der Waals surface area contributed by atoms with Crippen LogP contribution in [0.2, 0.25) is 0 Å². The molecular weight excluding hydrogens is 238 g/mol. The van der Waals surface area contributed by atoms with E-state index in [-0.39, 0.29) is 12.0 Å². The topological polar surface area (TPSA) is 29.5 Å². The summed E-state index contributed by atoms with van der Waals surface area (Å²) >= 11 is 0. The number of nitrogens with zero attached hydrogens (tertiary/aromatic N) is 1. The Morgan fingerprint density at radius 2 is 2.16 bits per heavy atom.